The second-order valence-electron chi connectivity index (χ2n) is 4.02. The molecule has 5 nitrogen and oxygen atoms in total. The highest BCUT2D eigenvalue weighted by molar-refractivity contribution is 7.84. The van der Waals surface area contributed by atoms with Gasteiger partial charge in [-0.05, 0) is 19.1 Å². The van der Waals surface area contributed by atoms with Crippen LogP contribution < -0.4 is 11.1 Å². The molecule has 1 heterocycles. The Morgan fingerprint density at radius 2 is 2.37 bits per heavy atom. The zero-order valence-electron chi connectivity index (χ0n) is 11.0. The van der Waals surface area contributed by atoms with Crippen LogP contribution in [0.4, 0.5) is 0 Å². The fourth-order valence-electron chi connectivity index (χ4n) is 1.52. The van der Waals surface area contributed by atoms with E-state index in [0.29, 0.717) is 11.3 Å². The van der Waals surface area contributed by atoms with E-state index >= 15 is 0 Å². The Morgan fingerprint density at radius 1 is 1.63 bits per heavy atom. The highest BCUT2D eigenvalue weighted by Gasteiger charge is 2.14. The topological polar surface area (TPSA) is 85.1 Å². The number of nitrogens with zero attached hydrogens (tertiary/aromatic N) is 1. The van der Waals surface area contributed by atoms with Crippen molar-refractivity contribution in [3.63, 3.8) is 0 Å². The first kappa shape index (κ1) is 15.3. The quantitative estimate of drug-likeness (QED) is 0.753. The first-order chi connectivity index (χ1) is 9.04. The molecule has 0 saturated heterocycles. The van der Waals surface area contributed by atoms with Crippen LogP contribution in [0.2, 0.25) is 0 Å². The maximum atomic E-state index is 12.0. The van der Waals surface area contributed by atoms with Gasteiger partial charge in [-0.15, -0.1) is 0 Å². The molecular formula is C13H17N3O2S. The van der Waals surface area contributed by atoms with E-state index in [9.17, 15) is 9.00 Å². The minimum Gasteiger partial charge on any atom is -0.347 e. The number of nitrogens with one attached hydrogen (secondary N) is 1. The number of carbonyl (C=O) groups is 1. The predicted octanol–water partition coefficient (Wildman–Crippen LogP) is -0.111. The van der Waals surface area contributed by atoms with Crippen LogP contribution in [0.15, 0.2) is 18.3 Å². The normalized spacial score (nSPS) is 13.0. The van der Waals surface area contributed by atoms with E-state index < -0.39 is 10.8 Å². The van der Waals surface area contributed by atoms with Crippen LogP contribution >= 0.6 is 0 Å². The van der Waals surface area contributed by atoms with E-state index in [1.54, 1.807) is 25.3 Å². The van der Waals surface area contributed by atoms with Crippen LogP contribution in [0.3, 0.4) is 0 Å². The van der Waals surface area contributed by atoms with Crippen molar-refractivity contribution in [1.82, 2.24) is 10.3 Å². The van der Waals surface area contributed by atoms with Crippen molar-refractivity contribution in [2.75, 3.05) is 18.6 Å². The molecule has 0 aromatic carbocycles. The molecule has 102 valence electrons. The van der Waals surface area contributed by atoms with Crippen LogP contribution in [0.5, 0.6) is 0 Å². The fourth-order valence-corrected chi connectivity index (χ4v) is 2.31. The fraction of sp³-hybridized carbons (Fsp3) is 0.385. The van der Waals surface area contributed by atoms with Crippen LogP contribution in [-0.2, 0) is 10.8 Å². The van der Waals surface area contributed by atoms with E-state index in [2.05, 4.69) is 22.1 Å². The van der Waals surface area contributed by atoms with E-state index in [4.69, 9.17) is 5.73 Å². The smallest absolute Gasteiger partial charge is 0.271 e. The summed E-state index contributed by atoms with van der Waals surface area (Å²) in [5.41, 5.74) is 6.11. The number of hydrogen-bond donors (Lipinski definition) is 2. The Hall–Kier alpha value is -1.71. The number of hydrogen-bond acceptors (Lipinski definition) is 4. The molecule has 0 saturated carbocycles. The van der Waals surface area contributed by atoms with Gasteiger partial charge in [0, 0.05) is 35.0 Å². The van der Waals surface area contributed by atoms with Crippen molar-refractivity contribution in [1.29, 1.82) is 0 Å². The van der Waals surface area contributed by atoms with E-state index in [0.717, 1.165) is 0 Å². The lowest BCUT2D eigenvalue weighted by Gasteiger charge is -2.12. The molecule has 0 radical (unpaired) electrons. The molecule has 1 amide bonds. The lowest BCUT2D eigenvalue weighted by molar-refractivity contribution is 0.0938. The van der Waals surface area contributed by atoms with Crippen LogP contribution in [0, 0.1) is 11.8 Å². The van der Waals surface area contributed by atoms with Crippen LogP contribution in [-0.4, -0.2) is 39.7 Å². The molecule has 0 spiro atoms. The molecule has 1 aromatic heterocycles. The third-order valence-electron chi connectivity index (χ3n) is 2.21. The summed E-state index contributed by atoms with van der Waals surface area (Å²) in [6.45, 7) is 2.02. The summed E-state index contributed by atoms with van der Waals surface area (Å²) in [5.74, 6) is 5.59. The number of nitrogens with two attached hydrogens (primary N) is 1. The zero-order chi connectivity index (χ0) is 14.3. The summed E-state index contributed by atoms with van der Waals surface area (Å²) < 4.78 is 11.1. The molecule has 0 aliphatic rings. The summed E-state index contributed by atoms with van der Waals surface area (Å²) in [7, 11) is -0.958. The predicted molar refractivity (Wildman–Crippen MR) is 76.0 cm³/mol. The monoisotopic (exact) mass is 279 g/mol. The van der Waals surface area contributed by atoms with Gasteiger partial charge in [0.2, 0.25) is 0 Å². The lowest BCUT2D eigenvalue weighted by atomic mass is 10.2. The minimum atomic E-state index is -0.958. The molecule has 1 rings (SSSR count). The van der Waals surface area contributed by atoms with Crippen molar-refractivity contribution in [3.8, 4) is 11.8 Å². The molecule has 0 aliphatic heterocycles. The average molecular weight is 279 g/mol. The van der Waals surface area contributed by atoms with Crippen molar-refractivity contribution < 1.29 is 9.00 Å². The maximum Gasteiger partial charge on any atom is 0.271 e. The van der Waals surface area contributed by atoms with Gasteiger partial charge in [-0.3, -0.25) is 9.00 Å². The Labute approximate surface area is 115 Å². The lowest BCUT2D eigenvalue weighted by Crippen LogP contribution is -2.37. The average Bonchev–Trinajstić information content (AvgIpc) is 2.35. The van der Waals surface area contributed by atoms with Gasteiger partial charge < -0.3 is 11.1 Å². The second kappa shape index (κ2) is 7.67. The minimum absolute atomic E-state index is 0.185. The largest absolute Gasteiger partial charge is 0.347 e. The van der Waals surface area contributed by atoms with Crippen molar-refractivity contribution >= 4 is 16.7 Å². The number of aromatic nitrogens is 1. The van der Waals surface area contributed by atoms with Gasteiger partial charge in [0.05, 0.1) is 12.1 Å². The Balaban J connectivity index is 2.85. The maximum absolute atomic E-state index is 12.0. The highest BCUT2D eigenvalue weighted by atomic mass is 32.2. The third kappa shape index (κ3) is 5.20. The molecule has 1 aromatic rings. The molecule has 19 heavy (non-hydrogen) atoms. The number of amides is 1. The van der Waals surface area contributed by atoms with E-state index in [1.165, 1.54) is 6.20 Å². The molecule has 2 unspecified atom stereocenters. The Bertz CT molecular complexity index is 534. The van der Waals surface area contributed by atoms with Crippen molar-refractivity contribution in [2.24, 2.45) is 5.73 Å². The van der Waals surface area contributed by atoms with Gasteiger partial charge in [0.25, 0.3) is 5.91 Å². The van der Waals surface area contributed by atoms with Gasteiger partial charge in [-0.1, -0.05) is 11.8 Å². The summed E-state index contributed by atoms with van der Waals surface area (Å²) in [6, 6.07) is 3.24. The molecule has 6 heteroatoms. The molecule has 0 fully saturated rings. The number of carbonyl (C=O) groups excluding carboxylic acids is 1. The highest BCUT2D eigenvalue weighted by Crippen LogP contribution is 2.04. The first-order valence-corrected chi connectivity index (χ1v) is 7.52. The van der Waals surface area contributed by atoms with Crippen molar-refractivity contribution in [2.45, 2.75) is 13.0 Å². The zero-order valence-corrected chi connectivity index (χ0v) is 11.8. The number of pyridine rings is 1. The molecule has 2 atom stereocenters. The summed E-state index contributed by atoms with van der Waals surface area (Å²) >= 11 is 0. The van der Waals surface area contributed by atoms with Gasteiger partial charge in [0.1, 0.15) is 5.69 Å². The van der Waals surface area contributed by atoms with Gasteiger partial charge in [-0.2, -0.15) is 0 Å². The van der Waals surface area contributed by atoms with Crippen LogP contribution in [0.25, 0.3) is 0 Å². The molecule has 0 bridgehead atoms. The van der Waals surface area contributed by atoms with Gasteiger partial charge >= 0.3 is 0 Å². The van der Waals surface area contributed by atoms with Crippen LogP contribution in [0.1, 0.15) is 23.0 Å². The Morgan fingerprint density at radius 3 is 3.00 bits per heavy atom. The van der Waals surface area contributed by atoms with E-state index in [-0.39, 0.29) is 24.2 Å². The third-order valence-corrected chi connectivity index (χ3v) is 3.18. The van der Waals surface area contributed by atoms with Gasteiger partial charge in [-0.25, -0.2) is 4.98 Å². The summed E-state index contributed by atoms with van der Waals surface area (Å²) in [5, 5.41) is 2.75. The van der Waals surface area contributed by atoms with E-state index in [1.807, 2.05) is 0 Å². The summed E-state index contributed by atoms with van der Waals surface area (Å²) in [6.07, 6.45) is 3.13. The number of rotatable bonds is 4. The standard InChI is InChI=1S/C13H17N3O2S/c1-10(9-19(2)18)16-13(17)12-11(5-3-7-14)6-4-8-15-12/h4,6,8,10H,7,9,14H2,1-2H3,(H,16,17). The first-order valence-electron chi connectivity index (χ1n) is 5.79. The van der Waals surface area contributed by atoms with Gasteiger partial charge in [0.15, 0.2) is 0 Å². The molecular weight excluding hydrogens is 262 g/mol. The second-order valence-corrected chi connectivity index (χ2v) is 5.50. The molecule has 3 N–H and O–H groups in total. The van der Waals surface area contributed by atoms with Crippen molar-refractivity contribution in [3.05, 3.63) is 29.6 Å². The SMILES string of the molecule is CC(CS(C)=O)NC(=O)c1ncccc1C#CCN. The molecule has 0 aliphatic carbocycles. The Kier molecular flexibility index (Phi) is 6.19. The summed E-state index contributed by atoms with van der Waals surface area (Å²) in [4.78, 5) is 16.1.